The number of carbonyl (C=O) groups excluding carboxylic acids is 2. The molecular weight excluding hydrogens is 416 g/mol. The van der Waals surface area contributed by atoms with Crippen LogP contribution in [0.2, 0.25) is 5.02 Å². The second-order valence-electron chi connectivity index (χ2n) is 6.69. The van der Waals surface area contributed by atoms with E-state index in [9.17, 15) is 9.59 Å². The van der Waals surface area contributed by atoms with Gasteiger partial charge in [0.05, 0.1) is 5.69 Å². The molecule has 2 aromatic carbocycles. The molecule has 0 spiro atoms. The Balaban J connectivity index is 1.43. The molecule has 0 radical (unpaired) electrons. The van der Waals surface area contributed by atoms with Gasteiger partial charge >= 0.3 is 0 Å². The van der Waals surface area contributed by atoms with Crippen LogP contribution in [0.1, 0.15) is 28.2 Å². The van der Waals surface area contributed by atoms with Gasteiger partial charge in [0, 0.05) is 46.9 Å². The summed E-state index contributed by atoms with van der Waals surface area (Å²) in [5.74, 6) is 0.240. The molecule has 0 aliphatic heterocycles. The summed E-state index contributed by atoms with van der Waals surface area (Å²) in [6.45, 7) is 0. The van der Waals surface area contributed by atoms with Crippen LogP contribution in [0.3, 0.4) is 0 Å². The Morgan fingerprint density at radius 1 is 1.03 bits per heavy atom. The van der Waals surface area contributed by atoms with Crippen LogP contribution in [0.5, 0.6) is 0 Å². The average molecular weight is 433 g/mol. The number of ketones is 1. The molecule has 1 N–H and O–H groups in total. The molecule has 7 nitrogen and oxygen atoms in total. The van der Waals surface area contributed by atoms with Crippen molar-refractivity contribution < 1.29 is 14.1 Å². The molecule has 0 saturated carbocycles. The maximum Gasteiger partial charge on any atom is 0.227 e. The fourth-order valence-corrected chi connectivity index (χ4v) is 3.13. The van der Waals surface area contributed by atoms with Gasteiger partial charge in [0.2, 0.25) is 17.6 Å². The molecule has 2 heterocycles. The molecule has 2 aromatic heterocycles. The van der Waals surface area contributed by atoms with Gasteiger partial charge in [-0.2, -0.15) is 4.98 Å². The van der Waals surface area contributed by atoms with E-state index < -0.39 is 0 Å². The summed E-state index contributed by atoms with van der Waals surface area (Å²) >= 11 is 6.08. The summed E-state index contributed by atoms with van der Waals surface area (Å²) in [5, 5.41) is 7.10. The van der Waals surface area contributed by atoms with Crippen molar-refractivity contribution in [3.63, 3.8) is 0 Å². The summed E-state index contributed by atoms with van der Waals surface area (Å²) in [7, 11) is 0. The third-order valence-electron chi connectivity index (χ3n) is 4.49. The first-order valence-electron chi connectivity index (χ1n) is 9.52. The Hall–Kier alpha value is -3.84. The summed E-state index contributed by atoms with van der Waals surface area (Å²) in [4.78, 5) is 33.7. The highest BCUT2D eigenvalue weighted by molar-refractivity contribution is 6.31. The number of hydrogen-bond donors (Lipinski definition) is 1. The van der Waals surface area contributed by atoms with Crippen molar-refractivity contribution in [2.24, 2.45) is 0 Å². The highest BCUT2D eigenvalue weighted by Crippen LogP contribution is 2.24. The van der Waals surface area contributed by atoms with Gasteiger partial charge in [0.15, 0.2) is 5.78 Å². The zero-order valence-electron chi connectivity index (χ0n) is 16.3. The predicted molar refractivity (Wildman–Crippen MR) is 116 cm³/mol. The molecule has 4 aromatic rings. The number of amides is 1. The molecule has 0 bridgehead atoms. The van der Waals surface area contributed by atoms with Gasteiger partial charge in [-0.1, -0.05) is 47.1 Å². The van der Waals surface area contributed by atoms with E-state index in [2.05, 4.69) is 20.4 Å². The normalized spacial score (nSPS) is 10.6. The molecule has 0 saturated heterocycles. The largest absolute Gasteiger partial charge is 0.339 e. The van der Waals surface area contributed by atoms with Crippen molar-refractivity contribution in [2.75, 3.05) is 5.32 Å². The van der Waals surface area contributed by atoms with Crippen LogP contribution >= 0.6 is 11.6 Å². The smallest absolute Gasteiger partial charge is 0.227 e. The first-order valence-corrected chi connectivity index (χ1v) is 9.90. The monoisotopic (exact) mass is 432 g/mol. The molecule has 4 rings (SSSR count). The Kier molecular flexibility index (Phi) is 6.14. The van der Waals surface area contributed by atoms with Crippen LogP contribution in [0, 0.1) is 0 Å². The van der Waals surface area contributed by atoms with E-state index in [0.717, 1.165) is 5.56 Å². The molecule has 154 valence electrons. The van der Waals surface area contributed by atoms with Crippen molar-refractivity contribution in [1.29, 1.82) is 0 Å². The van der Waals surface area contributed by atoms with Crippen LogP contribution in [0.4, 0.5) is 5.69 Å². The minimum atomic E-state index is -0.287. The lowest BCUT2D eigenvalue weighted by Gasteiger charge is -2.11. The zero-order valence-corrected chi connectivity index (χ0v) is 17.0. The van der Waals surface area contributed by atoms with E-state index in [1.165, 1.54) is 0 Å². The highest BCUT2D eigenvalue weighted by Gasteiger charge is 2.17. The number of carbonyl (C=O) groups is 2. The van der Waals surface area contributed by atoms with Crippen molar-refractivity contribution in [3.8, 4) is 11.4 Å². The van der Waals surface area contributed by atoms with Crippen molar-refractivity contribution in [3.05, 3.63) is 95.1 Å². The van der Waals surface area contributed by atoms with Crippen LogP contribution in [0.15, 0.2) is 77.6 Å². The Labute approximate surface area is 183 Å². The molecule has 0 fully saturated rings. The number of rotatable bonds is 7. The van der Waals surface area contributed by atoms with Gasteiger partial charge in [0.25, 0.3) is 0 Å². The second-order valence-corrected chi connectivity index (χ2v) is 7.12. The third kappa shape index (κ3) is 5.02. The third-order valence-corrected chi connectivity index (χ3v) is 4.73. The van der Waals surface area contributed by atoms with Crippen molar-refractivity contribution >= 4 is 29.0 Å². The van der Waals surface area contributed by atoms with Gasteiger partial charge in [-0.3, -0.25) is 14.6 Å². The Bertz CT molecular complexity index is 1210. The first kappa shape index (κ1) is 20.4. The predicted octanol–water partition coefficient (Wildman–Crippen LogP) is 4.59. The molecular formula is C23H17ClN4O3. The van der Waals surface area contributed by atoms with Gasteiger partial charge in [-0.05, 0) is 30.3 Å². The number of pyridine rings is 1. The summed E-state index contributed by atoms with van der Waals surface area (Å²) in [6.07, 6.45) is 3.65. The van der Waals surface area contributed by atoms with Gasteiger partial charge in [-0.15, -0.1) is 0 Å². The molecule has 8 heteroatoms. The molecule has 0 atom stereocenters. The number of benzene rings is 2. The van der Waals surface area contributed by atoms with Crippen LogP contribution in [-0.2, 0) is 11.2 Å². The standard InChI is InChI=1S/C23H17ClN4O3/c24-17-8-9-19(18(13-17)22(30)15-5-2-1-3-6-15)26-20(29)10-11-21-27-23(28-31-21)16-7-4-12-25-14-16/h1-9,12-14H,10-11H2,(H,26,29). The summed E-state index contributed by atoms with van der Waals surface area (Å²) in [5.41, 5.74) is 1.95. The van der Waals surface area contributed by atoms with Crippen LogP contribution in [0.25, 0.3) is 11.4 Å². The Morgan fingerprint density at radius 2 is 1.87 bits per heavy atom. The SMILES string of the molecule is O=C(CCc1nc(-c2cccnc2)no1)Nc1ccc(Cl)cc1C(=O)c1ccccc1. The number of nitrogens with zero attached hydrogens (tertiary/aromatic N) is 3. The fourth-order valence-electron chi connectivity index (χ4n) is 2.96. The van der Waals surface area contributed by atoms with Gasteiger partial charge in [-0.25, -0.2) is 0 Å². The topological polar surface area (TPSA) is 98.0 Å². The van der Waals surface area contributed by atoms with E-state index in [1.807, 2.05) is 12.1 Å². The lowest BCUT2D eigenvalue weighted by molar-refractivity contribution is -0.116. The summed E-state index contributed by atoms with van der Waals surface area (Å²) in [6, 6.07) is 17.2. The van der Waals surface area contributed by atoms with Gasteiger partial charge < -0.3 is 9.84 Å². The second kappa shape index (κ2) is 9.32. The molecule has 0 aliphatic rings. The minimum Gasteiger partial charge on any atom is -0.339 e. The lowest BCUT2D eigenvalue weighted by atomic mass is 10.0. The van der Waals surface area contributed by atoms with E-state index in [-0.39, 0.29) is 24.5 Å². The van der Waals surface area contributed by atoms with E-state index >= 15 is 0 Å². The van der Waals surface area contributed by atoms with Crippen LogP contribution < -0.4 is 5.32 Å². The minimum absolute atomic E-state index is 0.107. The van der Waals surface area contributed by atoms with E-state index in [0.29, 0.717) is 33.6 Å². The number of halogens is 1. The number of aromatic nitrogens is 3. The number of aryl methyl sites for hydroxylation is 1. The average Bonchev–Trinajstić information content (AvgIpc) is 3.29. The Morgan fingerprint density at radius 3 is 2.65 bits per heavy atom. The fraction of sp³-hybridized carbons (Fsp3) is 0.0870. The van der Waals surface area contributed by atoms with E-state index in [4.69, 9.17) is 16.1 Å². The number of anilines is 1. The summed E-state index contributed by atoms with van der Waals surface area (Å²) < 4.78 is 5.21. The molecule has 0 unspecified atom stereocenters. The quantitative estimate of drug-likeness (QED) is 0.429. The number of hydrogen-bond acceptors (Lipinski definition) is 6. The maximum atomic E-state index is 12.9. The van der Waals surface area contributed by atoms with E-state index in [1.54, 1.807) is 60.9 Å². The number of nitrogens with one attached hydrogen (secondary N) is 1. The molecule has 31 heavy (non-hydrogen) atoms. The van der Waals surface area contributed by atoms with Gasteiger partial charge in [0.1, 0.15) is 0 Å². The highest BCUT2D eigenvalue weighted by atomic mass is 35.5. The van der Waals surface area contributed by atoms with Crippen LogP contribution in [-0.4, -0.2) is 26.8 Å². The van der Waals surface area contributed by atoms with Crippen molar-refractivity contribution in [1.82, 2.24) is 15.1 Å². The van der Waals surface area contributed by atoms with Crippen molar-refractivity contribution in [2.45, 2.75) is 12.8 Å². The maximum absolute atomic E-state index is 12.9. The zero-order chi connectivity index (χ0) is 21.6. The lowest BCUT2D eigenvalue weighted by Crippen LogP contribution is -2.15. The molecule has 1 amide bonds. The first-order chi connectivity index (χ1) is 15.1. The molecule has 0 aliphatic carbocycles.